The minimum atomic E-state index is -0.941. The van der Waals surface area contributed by atoms with Gasteiger partial charge in [0.05, 0.1) is 0 Å². The maximum Gasteiger partial charge on any atom is 0.321 e. The molecule has 3 N–H and O–H groups in total. The van der Waals surface area contributed by atoms with E-state index in [1.807, 2.05) is 7.05 Å². The second kappa shape index (κ2) is 7.73. The molecule has 1 aliphatic rings. The molecule has 1 aliphatic heterocycles. The SMILES string of the molecule is CN1CCC(NC(=O)NC(=O)CCCC(=O)O)CC1. The Kier molecular flexibility index (Phi) is 6.27. The molecule has 0 aliphatic carbocycles. The van der Waals surface area contributed by atoms with E-state index in [1.54, 1.807) is 0 Å². The predicted molar refractivity (Wildman–Crippen MR) is 68.7 cm³/mol. The number of carbonyl (C=O) groups excluding carboxylic acids is 2. The number of piperidine rings is 1. The molecule has 7 nitrogen and oxygen atoms in total. The van der Waals surface area contributed by atoms with E-state index >= 15 is 0 Å². The molecule has 0 unspecified atom stereocenters. The van der Waals surface area contributed by atoms with Crippen LogP contribution in [0.2, 0.25) is 0 Å². The highest BCUT2D eigenvalue weighted by Crippen LogP contribution is 2.07. The first-order valence-corrected chi connectivity index (χ1v) is 6.48. The predicted octanol–water partition coefficient (Wildman–Crippen LogP) is 0.161. The number of urea groups is 1. The summed E-state index contributed by atoms with van der Waals surface area (Å²) in [5, 5.41) is 13.4. The van der Waals surface area contributed by atoms with Crippen LogP contribution in [-0.4, -0.2) is 54.1 Å². The quantitative estimate of drug-likeness (QED) is 0.661. The Labute approximate surface area is 112 Å². The van der Waals surface area contributed by atoms with Gasteiger partial charge in [-0.3, -0.25) is 14.9 Å². The average Bonchev–Trinajstić information content (AvgIpc) is 2.31. The highest BCUT2D eigenvalue weighted by atomic mass is 16.4. The molecule has 1 saturated heterocycles. The maximum absolute atomic E-state index is 11.5. The van der Waals surface area contributed by atoms with Crippen LogP contribution in [0.15, 0.2) is 0 Å². The van der Waals surface area contributed by atoms with Crippen LogP contribution < -0.4 is 10.6 Å². The van der Waals surface area contributed by atoms with Crippen molar-refractivity contribution >= 4 is 17.9 Å². The van der Waals surface area contributed by atoms with Crippen molar-refractivity contribution < 1.29 is 19.5 Å². The summed E-state index contributed by atoms with van der Waals surface area (Å²) in [6, 6.07) is -0.391. The van der Waals surface area contributed by atoms with Gasteiger partial charge in [0, 0.05) is 18.9 Å². The normalized spacial score (nSPS) is 16.9. The Bertz CT molecular complexity index is 338. The van der Waals surface area contributed by atoms with Crippen LogP contribution in [0.3, 0.4) is 0 Å². The summed E-state index contributed by atoms with van der Waals surface area (Å²) in [5.41, 5.74) is 0. The minimum Gasteiger partial charge on any atom is -0.481 e. The van der Waals surface area contributed by atoms with Crippen LogP contribution in [0.1, 0.15) is 32.1 Å². The fraction of sp³-hybridized carbons (Fsp3) is 0.750. The first-order valence-electron chi connectivity index (χ1n) is 6.48. The van der Waals surface area contributed by atoms with Gasteiger partial charge < -0.3 is 15.3 Å². The molecule has 0 spiro atoms. The van der Waals surface area contributed by atoms with Crippen LogP contribution in [0, 0.1) is 0 Å². The Hall–Kier alpha value is -1.63. The fourth-order valence-corrected chi connectivity index (χ4v) is 1.96. The molecule has 0 radical (unpaired) electrons. The summed E-state index contributed by atoms with van der Waals surface area (Å²) in [6.07, 6.45) is 1.97. The lowest BCUT2D eigenvalue weighted by Crippen LogP contribution is -2.48. The van der Waals surface area contributed by atoms with E-state index in [0.29, 0.717) is 0 Å². The number of likely N-dealkylation sites (tertiary alicyclic amines) is 1. The van der Waals surface area contributed by atoms with E-state index in [0.717, 1.165) is 25.9 Å². The number of imide groups is 1. The molecule has 1 fully saturated rings. The third-order valence-corrected chi connectivity index (χ3v) is 3.10. The molecule has 1 heterocycles. The van der Waals surface area contributed by atoms with E-state index in [1.165, 1.54) is 0 Å². The molecule has 3 amide bonds. The number of hydrogen-bond acceptors (Lipinski definition) is 4. The molecule has 108 valence electrons. The molecular weight excluding hydrogens is 250 g/mol. The van der Waals surface area contributed by atoms with Crippen molar-refractivity contribution in [3.63, 3.8) is 0 Å². The van der Waals surface area contributed by atoms with Crippen molar-refractivity contribution in [1.82, 2.24) is 15.5 Å². The zero-order valence-corrected chi connectivity index (χ0v) is 11.1. The summed E-state index contributed by atoms with van der Waals surface area (Å²) in [7, 11) is 2.03. The molecule has 19 heavy (non-hydrogen) atoms. The lowest BCUT2D eigenvalue weighted by atomic mass is 10.1. The van der Waals surface area contributed by atoms with E-state index in [9.17, 15) is 14.4 Å². The zero-order valence-electron chi connectivity index (χ0n) is 11.1. The number of aliphatic carboxylic acids is 1. The number of carbonyl (C=O) groups is 3. The third-order valence-electron chi connectivity index (χ3n) is 3.10. The van der Waals surface area contributed by atoms with Crippen LogP contribution in [0.4, 0.5) is 4.79 Å². The zero-order chi connectivity index (χ0) is 14.3. The van der Waals surface area contributed by atoms with Gasteiger partial charge in [-0.2, -0.15) is 0 Å². The third kappa shape index (κ3) is 6.76. The molecule has 7 heteroatoms. The standard InChI is InChI=1S/C12H21N3O4/c1-15-7-5-9(6-8-15)13-12(19)14-10(16)3-2-4-11(17)18/h9H,2-8H2,1H3,(H,17,18)(H2,13,14,16,19). The maximum atomic E-state index is 11.5. The van der Waals surface area contributed by atoms with Gasteiger partial charge in [-0.1, -0.05) is 0 Å². The van der Waals surface area contributed by atoms with Gasteiger partial charge in [-0.25, -0.2) is 4.79 Å². The Morgan fingerprint density at radius 1 is 1.21 bits per heavy atom. The smallest absolute Gasteiger partial charge is 0.321 e. The van der Waals surface area contributed by atoms with Crippen molar-refractivity contribution in [2.24, 2.45) is 0 Å². The first kappa shape index (κ1) is 15.4. The Morgan fingerprint density at radius 3 is 2.42 bits per heavy atom. The fourth-order valence-electron chi connectivity index (χ4n) is 1.96. The number of nitrogens with zero attached hydrogens (tertiary/aromatic N) is 1. The number of amides is 3. The lowest BCUT2D eigenvalue weighted by molar-refractivity contribution is -0.137. The van der Waals surface area contributed by atoms with Gasteiger partial charge in [-0.05, 0) is 39.4 Å². The minimum absolute atomic E-state index is 0.0487. The Balaban J connectivity index is 2.16. The molecule has 0 aromatic heterocycles. The van der Waals surface area contributed by atoms with Crippen molar-refractivity contribution in [3.8, 4) is 0 Å². The van der Waals surface area contributed by atoms with Crippen LogP contribution in [0.5, 0.6) is 0 Å². The second-order valence-corrected chi connectivity index (χ2v) is 4.85. The summed E-state index contributed by atoms with van der Waals surface area (Å²) < 4.78 is 0. The lowest BCUT2D eigenvalue weighted by Gasteiger charge is -2.29. The molecule has 0 aromatic carbocycles. The van der Waals surface area contributed by atoms with E-state index in [-0.39, 0.29) is 25.3 Å². The highest BCUT2D eigenvalue weighted by molar-refractivity contribution is 5.94. The summed E-state index contributed by atoms with van der Waals surface area (Å²) in [4.78, 5) is 35.3. The van der Waals surface area contributed by atoms with Crippen molar-refractivity contribution in [2.75, 3.05) is 20.1 Å². The summed E-state index contributed by atoms with van der Waals surface area (Å²) in [5.74, 6) is -1.38. The van der Waals surface area contributed by atoms with Gasteiger partial charge in [-0.15, -0.1) is 0 Å². The molecule has 0 aromatic rings. The van der Waals surface area contributed by atoms with Gasteiger partial charge in [0.15, 0.2) is 0 Å². The number of hydrogen-bond donors (Lipinski definition) is 3. The molecule has 0 saturated carbocycles. The van der Waals surface area contributed by atoms with Gasteiger partial charge >= 0.3 is 12.0 Å². The van der Waals surface area contributed by atoms with Crippen LogP contribution in [-0.2, 0) is 9.59 Å². The van der Waals surface area contributed by atoms with Gasteiger partial charge in [0.2, 0.25) is 5.91 Å². The van der Waals surface area contributed by atoms with E-state index in [2.05, 4.69) is 15.5 Å². The monoisotopic (exact) mass is 271 g/mol. The number of nitrogens with one attached hydrogen (secondary N) is 2. The molecule has 0 atom stereocenters. The molecular formula is C12H21N3O4. The molecule has 1 rings (SSSR count). The van der Waals surface area contributed by atoms with Crippen LogP contribution >= 0.6 is 0 Å². The number of rotatable bonds is 5. The van der Waals surface area contributed by atoms with E-state index < -0.39 is 17.9 Å². The van der Waals surface area contributed by atoms with Crippen LogP contribution in [0.25, 0.3) is 0 Å². The van der Waals surface area contributed by atoms with Crippen molar-refractivity contribution in [2.45, 2.75) is 38.1 Å². The average molecular weight is 271 g/mol. The summed E-state index contributed by atoms with van der Waals surface area (Å²) >= 11 is 0. The topological polar surface area (TPSA) is 98.7 Å². The summed E-state index contributed by atoms with van der Waals surface area (Å²) in [6.45, 7) is 1.86. The number of carboxylic acid groups (broad SMARTS) is 1. The van der Waals surface area contributed by atoms with Gasteiger partial charge in [0.25, 0.3) is 0 Å². The Morgan fingerprint density at radius 2 is 1.84 bits per heavy atom. The first-order chi connectivity index (χ1) is 8.97. The van der Waals surface area contributed by atoms with Crippen molar-refractivity contribution in [3.05, 3.63) is 0 Å². The van der Waals surface area contributed by atoms with E-state index in [4.69, 9.17) is 5.11 Å². The second-order valence-electron chi connectivity index (χ2n) is 4.85. The largest absolute Gasteiger partial charge is 0.481 e. The number of carboxylic acids is 1. The van der Waals surface area contributed by atoms with Gasteiger partial charge in [0.1, 0.15) is 0 Å². The van der Waals surface area contributed by atoms with Crippen molar-refractivity contribution in [1.29, 1.82) is 0 Å². The molecule has 0 bridgehead atoms. The highest BCUT2D eigenvalue weighted by Gasteiger charge is 2.19.